The maximum absolute atomic E-state index is 14.7. The van der Waals surface area contributed by atoms with Gasteiger partial charge in [-0.2, -0.15) is 0 Å². The Balaban J connectivity index is 1.15. The highest BCUT2D eigenvalue weighted by Gasteiger charge is 2.25. The van der Waals surface area contributed by atoms with Crippen molar-refractivity contribution in [1.82, 2.24) is 30.2 Å². The lowest BCUT2D eigenvalue weighted by atomic mass is 9.90. The molecule has 5 aromatic rings. The molecule has 8 nitrogen and oxygen atoms in total. The van der Waals surface area contributed by atoms with Crippen molar-refractivity contribution >= 4 is 22.8 Å². The van der Waals surface area contributed by atoms with Gasteiger partial charge in [0.2, 0.25) is 0 Å². The van der Waals surface area contributed by atoms with E-state index in [0.29, 0.717) is 28.6 Å². The van der Waals surface area contributed by atoms with Gasteiger partial charge in [-0.1, -0.05) is 30.3 Å². The van der Waals surface area contributed by atoms with Crippen LogP contribution in [-0.2, 0) is 0 Å². The fourth-order valence-corrected chi connectivity index (χ4v) is 5.03. The van der Waals surface area contributed by atoms with Crippen molar-refractivity contribution in [3.05, 3.63) is 90.6 Å². The Kier molecular flexibility index (Phi) is 6.66. The Labute approximate surface area is 223 Å². The van der Waals surface area contributed by atoms with Gasteiger partial charge in [-0.3, -0.25) is 9.78 Å². The highest BCUT2D eigenvalue weighted by atomic mass is 19.1. The van der Waals surface area contributed by atoms with E-state index in [2.05, 4.69) is 35.6 Å². The normalized spacial score (nSPS) is 17.2. The second-order valence-electron chi connectivity index (χ2n) is 9.65. The molecule has 4 aromatic heterocycles. The molecule has 1 fully saturated rings. The zero-order chi connectivity index (χ0) is 26.8. The van der Waals surface area contributed by atoms with Crippen LogP contribution < -0.4 is 10.6 Å². The summed E-state index contributed by atoms with van der Waals surface area (Å²) in [5.41, 5.74) is 3.36. The van der Waals surface area contributed by atoms with E-state index in [1.54, 1.807) is 18.6 Å². The average Bonchev–Trinajstić information content (AvgIpc) is 3.38. The van der Waals surface area contributed by atoms with Gasteiger partial charge >= 0.3 is 0 Å². The van der Waals surface area contributed by atoms with Crippen LogP contribution in [-0.4, -0.2) is 42.9 Å². The molecule has 0 saturated heterocycles. The van der Waals surface area contributed by atoms with Crippen molar-refractivity contribution in [1.29, 1.82) is 0 Å². The summed E-state index contributed by atoms with van der Waals surface area (Å²) in [6.45, 7) is 0. The van der Waals surface area contributed by atoms with Crippen LogP contribution in [0.3, 0.4) is 0 Å². The van der Waals surface area contributed by atoms with Crippen molar-refractivity contribution in [3.63, 3.8) is 0 Å². The Morgan fingerprint density at radius 2 is 1.79 bits per heavy atom. The van der Waals surface area contributed by atoms with Crippen molar-refractivity contribution < 1.29 is 13.6 Å². The molecule has 196 valence electrons. The Morgan fingerprint density at radius 3 is 2.67 bits per heavy atom. The van der Waals surface area contributed by atoms with E-state index in [-0.39, 0.29) is 29.6 Å². The lowest BCUT2D eigenvalue weighted by molar-refractivity contribution is 0.0926. The highest BCUT2D eigenvalue weighted by Crippen LogP contribution is 2.28. The molecule has 39 heavy (non-hydrogen) atoms. The van der Waals surface area contributed by atoms with Crippen LogP contribution in [0.4, 0.5) is 14.6 Å². The number of carbonyl (C=O) groups excluding carboxylic acids is 1. The molecule has 1 saturated carbocycles. The smallest absolute Gasteiger partial charge is 0.253 e. The Morgan fingerprint density at radius 1 is 0.949 bits per heavy atom. The summed E-state index contributed by atoms with van der Waals surface area (Å²) >= 11 is 0. The number of anilines is 1. The van der Waals surface area contributed by atoms with Gasteiger partial charge in [0.05, 0.1) is 18.0 Å². The zero-order valence-electron chi connectivity index (χ0n) is 20.9. The maximum Gasteiger partial charge on any atom is 0.253 e. The second kappa shape index (κ2) is 10.6. The molecule has 0 unspecified atom stereocenters. The molecule has 10 heteroatoms. The number of nitrogens with one attached hydrogen (secondary N) is 3. The largest absolute Gasteiger partial charge is 0.365 e. The third kappa shape index (κ3) is 5.31. The predicted octanol–water partition coefficient (Wildman–Crippen LogP) is 5.51. The molecule has 1 aliphatic rings. The Hall–Kier alpha value is -4.73. The number of benzene rings is 1. The van der Waals surface area contributed by atoms with Gasteiger partial charge in [-0.15, -0.1) is 0 Å². The van der Waals surface area contributed by atoms with Crippen molar-refractivity contribution in [2.75, 3.05) is 5.32 Å². The van der Waals surface area contributed by atoms with E-state index in [9.17, 15) is 13.6 Å². The number of halogens is 2. The minimum Gasteiger partial charge on any atom is -0.365 e. The summed E-state index contributed by atoms with van der Waals surface area (Å²) in [6, 6.07) is 12.8. The molecular weight excluding hydrogens is 500 g/mol. The first-order chi connectivity index (χ1) is 19.0. The second-order valence-corrected chi connectivity index (χ2v) is 9.65. The van der Waals surface area contributed by atoms with E-state index >= 15 is 0 Å². The third-order valence-electron chi connectivity index (χ3n) is 6.94. The van der Waals surface area contributed by atoms with Crippen molar-refractivity contribution in [2.24, 2.45) is 0 Å². The molecule has 0 spiro atoms. The van der Waals surface area contributed by atoms with Gasteiger partial charge in [0.1, 0.15) is 11.5 Å². The number of aromatic nitrogens is 5. The summed E-state index contributed by atoms with van der Waals surface area (Å²) in [5, 5.41) is 6.82. The number of aromatic amines is 1. The van der Waals surface area contributed by atoms with Crippen LogP contribution in [0.25, 0.3) is 33.5 Å². The fraction of sp³-hybridized carbons (Fsp3) is 0.207. The van der Waals surface area contributed by atoms with Crippen LogP contribution in [0.2, 0.25) is 0 Å². The first-order valence-corrected chi connectivity index (χ1v) is 12.8. The van der Waals surface area contributed by atoms with Gasteiger partial charge in [0.15, 0.2) is 17.5 Å². The topological polar surface area (TPSA) is 108 Å². The zero-order valence-corrected chi connectivity index (χ0v) is 20.9. The SMILES string of the molecule is O=C(N[C@@H]1CCC[C@H](Nc2nc(-c3c[nH]c4ncc(F)cc34)ncc2F)C1)c1cncc(-c2ccccc2)c1. The highest BCUT2D eigenvalue weighted by molar-refractivity contribution is 5.95. The van der Waals surface area contributed by atoms with Crippen LogP contribution in [0.1, 0.15) is 36.0 Å². The number of carbonyl (C=O) groups is 1. The van der Waals surface area contributed by atoms with Crippen LogP contribution in [0, 0.1) is 11.6 Å². The lowest BCUT2D eigenvalue weighted by Gasteiger charge is -2.30. The average molecular weight is 526 g/mol. The van der Waals surface area contributed by atoms with Gasteiger partial charge in [-0.05, 0) is 43.4 Å². The van der Waals surface area contributed by atoms with Crippen LogP contribution >= 0.6 is 0 Å². The molecule has 1 aliphatic carbocycles. The minimum absolute atomic E-state index is 0.0652. The molecule has 1 amide bonds. The van der Waals surface area contributed by atoms with E-state index in [1.807, 2.05) is 36.4 Å². The van der Waals surface area contributed by atoms with Crippen molar-refractivity contribution in [2.45, 2.75) is 37.8 Å². The molecule has 6 rings (SSSR count). The summed E-state index contributed by atoms with van der Waals surface area (Å²) in [7, 11) is 0. The predicted molar refractivity (Wildman–Crippen MR) is 144 cm³/mol. The molecule has 0 bridgehead atoms. The fourth-order valence-electron chi connectivity index (χ4n) is 5.03. The molecular formula is C29H25F2N7O. The first-order valence-electron chi connectivity index (χ1n) is 12.8. The number of hydrogen-bond donors (Lipinski definition) is 3. The van der Waals surface area contributed by atoms with Gasteiger partial charge < -0.3 is 15.6 Å². The van der Waals surface area contributed by atoms with Gasteiger partial charge in [-0.25, -0.2) is 23.7 Å². The number of nitrogens with zero attached hydrogens (tertiary/aromatic N) is 4. The monoisotopic (exact) mass is 525 g/mol. The summed E-state index contributed by atoms with van der Waals surface area (Å²) in [4.78, 5) is 32.8. The molecule has 1 aromatic carbocycles. The number of hydrogen-bond acceptors (Lipinski definition) is 6. The van der Waals surface area contributed by atoms with Gasteiger partial charge in [0, 0.05) is 47.2 Å². The number of H-pyrrole nitrogens is 1. The summed E-state index contributed by atoms with van der Waals surface area (Å²) in [5.74, 6) is -0.944. The molecule has 0 aliphatic heterocycles. The molecule has 4 heterocycles. The van der Waals surface area contributed by atoms with Crippen LogP contribution in [0.5, 0.6) is 0 Å². The molecule has 2 atom stereocenters. The Bertz CT molecular complexity index is 1640. The molecule has 0 radical (unpaired) electrons. The number of amides is 1. The standard InChI is InChI=1S/C29H25F2N7O/c30-20-10-23-24(15-34-26(23)33-14-20)27-35-16-25(31)28(38-27)36-21-7-4-8-22(11-21)37-29(39)19-9-18(12-32-13-19)17-5-2-1-3-6-17/h1-3,5-6,9-10,12-16,21-22H,4,7-8,11H2,(H,33,34)(H,37,39)(H,35,36,38)/t21-,22+/m0/s1. The number of pyridine rings is 2. The first kappa shape index (κ1) is 24.6. The van der Waals surface area contributed by atoms with E-state index in [1.165, 1.54) is 6.07 Å². The van der Waals surface area contributed by atoms with Gasteiger partial charge in [0.25, 0.3) is 5.91 Å². The van der Waals surface area contributed by atoms with Crippen molar-refractivity contribution in [3.8, 4) is 22.5 Å². The van der Waals surface area contributed by atoms with E-state index in [0.717, 1.165) is 42.8 Å². The summed E-state index contributed by atoms with van der Waals surface area (Å²) in [6.07, 6.45) is 10.2. The number of rotatable bonds is 6. The lowest BCUT2D eigenvalue weighted by Crippen LogP contribution is -2.42. The van der Waals surface area contributed by atoms with E-state index < -0.39 is 11.6 Å². The number of fused-ring (bicyclic) bond motifs is 1. The van der Waals surface area contributed by atoms with Crippen LogP contribution in [0.15, 0.2) is 73.4 Å². The minimum atomic E-state index is -0.585. The quantitative estimate of drug-likeness (QED) is 0.270. The third-order valence-corrected chi connectivity index (χ3v) is 6.94. The summed E-state index contributed by atoms with van der Waals surface area (Å²) < 4.78 is 28.5. The maximum atomic E-state index is 14.7. The van der Waals surface area contributed by atoms with E-state index in [4.69, 9.17) is 0 Å². The molecule has 3 N–H and O–H groups in total.